The normalized spacial score (nSPS) is 12.8. The van der Waals surface area contributed by atoms with Gasteiger partial charge in [-0.3, -0.25) is 4.79 Å². The predicted molar refractivity (Wildman–Crippen MR) is 137 cm³/mol. The van der Waals surface area contributed by atoms with Crippen molar-refractivity contribution in [3.8, 4) is 11.5 Å². The van der Waals surface area contributed by atoms with E-state index in [-0.39, 0.29) is 42.7 Å². The number of ether oxygens (including phenoxy) is 3. The number of fused-ring (bicyclic) bond motifs is 1. The summed E-state index contributed by atoms with van der Waals surface area (Å²) >= 11 is 0. The molecule has 0 radical (unpaired) electrons. The van der Waals surface area contributed by atoms with Crippen LogP contribution >= 0.6 is 0 Å². The van der Waals surface area contributed by atoms with Crippen LogP contribution < -0.4 is 20.5 Å². The second-order valence-corrected chi connectivity index (χ2v) is 9.20. The van der Waals surface area contributed by atoms with Crippen LogP contribution in [0.15, 0.2) is 48.7 Å². The van der Waals surface area contributed by atoms with Crippen molar-refractivity contribution in [1.29, 1.82) is 0 Å². The molecule has 3 N–H and O–H groups in total. The average molecular weight is 590 g/mol. The maximum atomic E-state index is 12.5. The van der Waals surface area contributed by atoms with Crippen LogP contribution in [0.25, 0.3) is 10.9 Å². The third-order valence-corrected chi connectivity index (χ3v) is 5.83. The molecule has 2 aromatic carbocycles. The highest BCUT2D eigenvalue weighted by atomic mass is 19.4. The molecule has 0 saturated carbocycles. The highest BCUT2D eigenvalue weighted by molar-refractivity contribution is 6.05. The Morgan fingerprint density at radius 3 is 2.32 bits per heavy atom. The Kier molecular flexibility index (Phi) is 10.5. The Hall–Kier alpha value is -3.94. The Balaban J connectivity index is 1.55. The van der Waals surface area contributed by atoms with E-state index in [1.807, 2.05) is 13.0 Å². The van der Waals surface area contributed by atoms with Gasteiger partial charge in [0.25, 0.3) is 5.91 Å². The van der Waals surface area contributed by atoms with Gasteiger partial charge in [-0.2, -0.15) is 26.3 Å². The van der Waals surface area contributed by atoms with Crippen molar-refractivity contribution in [2.75, 3.05) is 26.4 Å². The molecule has 3 rings (SSSR count). The van der Waals surface area contributed by atoms with Crippen molar-refractivity contribution < 1.29 is 50.1 Å². The number of aromatic nitrogens is 1. The van der Waals surface area contributed by atoms with E-state index < -0.39 is 37.4 Å². The summed E-state index contributed by atoms with van der Waals surface area (Å²) in [7, 11) is 0. The quantitative estimate of drug-likeness (QED) is 0.159. The second kappa shape index (κ2) is 13.6. The monoisotopic (exact) mass is 589 g/mol. The minimum absolute atomic E-state index is 0.0144. The lowest BCUT2D eigenvalue weighted by Gasteiger charge is -2.17. The molecule has 1 atom stereocenters. The van der Waals surface area contributed by atoms with Gasteiger partial charge in [-0.1, -0.05) is 12.1 Å². The summed E-state index contributed by atoms with van der Waals surface area (Å²) < 4.78 is 90.5. The first kappa shape index (κ1) is 31.6. The van der Waals surface area contributed by atoms with Gasteiger partial charge in [0.1, 0.15) is 6.61 Å². The zero-order valence-corrected chi connectivity index (χ0v) is 22.0. The molecule has 1 aromatic heterocycles. The van der Waals surface area contributed by atoms with Crippen LogP contribution in [0.2, 0.25) is 0 Å². The lowest BCUT2D eigenvalue weighted by molar-refractivity contribution is -0.199. The van der Waals surface area contributed by atoms with E-state index in [2.05, 4.69) is 10.1 Å². The van der Waals surface area contributed by atoms with Crippen LogP contribution in [0, 0.1) is 0 Å². The highest BCUT2D eigenvalue weighted by Crippen LogP contribution is 2.28. The number of rotatable bonds is 14. The lowest BCUT2D eigenvalue weighted by atomic mass is 10.0. The largest absolute Gasteiger partial charge is 0.490 e. The molecule has 8 nitrogen and oxygen atoms in total. The molecule has 0 unspecified atom stereocenters. The first-order valence-electron chi connectivity index (χ1n) is 12.5. The van der Waals surface area contributed by atoms with Gasteiger partial charge in [0, 0.05) is 30.7 Å². The molecule has 224 valence electrons. The molecule has 14 heteroatoms. The SMILES string of the molecule is C[C@H](Cc1cc(C(N)=O)c2c(ccn2CCCOC(=O)C(F)(F)F)c1)NCCOc1ccccc1OCC(F)(F)F. The molecule has 0 fully saturated rings. The molecule has 1 heterocycles. The molecule has 0 aliphatic carbocycles. The third kappa shape index (κ3) is 9.59. The number of nitrogens with one attached hydrogen (secondary N) is 1. The average Bonchev–Trinajstić information content (AvgIpc) is 3.29. The summed E-state index contributed by atoms with van der Waals surface area (Å²) in [6.07, 6.45) is -7.27. The summed E-state index contributed by atoms with van der Waals surface area (Å²) in [6.45, 7) is 0.749. The summed E-state index contributed by atoms with van der Waals surface area (Å²) in [6, 6.07) is 11.2. The van der Waals surface area contributed by atoms with Crippen LogP contribution in [-0.2, 0) is 22.5 Å². The Bertz CT molecular complexity index is 1340. The van der Waals surface area contributed by atoms with Gasteiger partial charge in [0.15, 0.2) is 18.1 Å². The van der Waals surface area contributed by atoms with Gasteiger partial charge in [-0.25, -0.2) is 4.79 Å². The molecule has 3 aromatic rings. The van der Waals surface area contributed by atoms with Crippen molar-refractivity contribution in [3.05, 3.63) is 59.8 Å². The van der Waals surface area contributed by atoms with E-state index >= 15 is 0 Å². The number of amides is 1. The first-order chi connectivity index (χ1) is 19.2. The maximum absolute atomic E-state index is 12.5. The molecule has 1 amide bonds. The molecule has 0 aliphatic rings. The first-order valence-corrected chi connectivity index (χ1v) is 12.5. The van der Waals surface area contributed by atoms with Gasteiger partial charge < -0.3 is 29.8 Å². The fraction of sp³-hybridized carbons (Fsp3) is 0.407. The molecule has 41 heavy (non-hydrogen) atoms. The fourth-order valence-corrected chi connectivity index (χ4v) is 4.13. The minimum atomic E-state index is -5.06. The van der Waals surface area contributed by atoms with E-state index in [0.29, 0.717) is 23.9 Å². The number of primary amides is 1. The van der Waals surface area contributed by atoms with Gasteiger partial charge in [-0.15, -0.1) is 0 Å². The Labute approximate surface area is 231 Å². The number of nitrogens with two attached hydrogens (primary N) is 1. The summed E-state index contributed by atoms with van der Waals surface area (Å²) in [4.78, 5) is 23.1. The van der Waals surface area contributed by atoms with Crippen LogP contribution in [0.1, 0.15) is 29.3 Å². The number of carbonyl (C=O) groups excluding carboxylic acids is 2. The molecular formula is C27H29F6N3O5. The van der Waals surface area contributed by atoms with E-state index in [4.69, 9.17) is 15.2 Å². The van der Waals surface area contributed by atoms with E-state index in [0.717, 1.165) is 5.56 Å². The molecule has 0 spiro atoms. The van der Waals surface area contributed by atoms with Crippen molar-refractivity contribution in [1.82, 2.24) is 9.88 Å². The van der Waals surface area contributed by atoms with Crippen LogP contribution in [0.4, 0.5) is 26.3 Å². The number of nitrogens with zero attached hydrogens (tertiary/aromatic N) is 1. The standard InChI is InChI=1S/C27H29F6N3O5/c1-17(35-8-12-39-21-5-2-3-6-22(21)41-16-26(28,29)30)13-18-14-19-7-10-36(23(19)20(15-18)24(34)37)9-4-11-40-25(38)27(31,32)33/h2-3,5-7,10,14-15,17,35H,4,8-9,11-13,16H2,1H3,(H2,34,37)/t17-/m1/s1. The Morgan fingerprint density at radius 2 is 1.68 bits per heavy atom. The molecular weight excluding hydrogens is 560 g/mol. The van der Waals surface area contributed by atoms with Crippen molar-refractivity contribution in [2.24, 2.45) is 5.73 Å². The number of hydrogen-bond acceptors (Lipinski definition) is 6. The van der Waals surface area contributed by atoms with Crippen molar-refractivity contribution >= 4 is 22.8 Å². The third-order valence-electron chi connectivity index (χ3n) is 5.83. The maximum Gasteiger partial charge on any atom is 0.490 e. The lowest BCUT2D eigenvalue weighted by Crippen LogP contribution is -2.32. The topological polar surface area (TPSA) is 105 Å². The number of esters is 1. The summed E-state index contributed by atoms with van der Waals surface area (Å²) in [5.41, 5.74) is 7.16. The van der Waals surface area contributed by atoms with Crippen LogP contribution in [0.5, 0.6) is 11.5 Å². The summed E-state index contributed by atoms with van der Waals surface area (Å²) in [5.74, 6) is -2.77. The molecule has 0 bridgehead atoms. The van der Waals surface area contributed by atoms with Crippen LogP contribution in [-0.4, -0.2) is 61.2 Å². The predicted octanol–water partition coefficient (Wildman–Crippen LogP) is 4.78. The fourth-order valence-electron chi connectivity index (χ4n) is 4.13. The number of para-hydroxylation sites is 2. The number of benzene rings is 2. The Morgan fingerprint density at radius 1 is 1.00 bits per heavy atom. The zero-order chi connectivity index (χ0) is 30.2. The van der Waals surface area contributed by atoms with E-state index in [9.17, 15) is 35.9 Å². The van der Waals surface area contributed by atoms with Gasteiger partial charge in [-0.05, 0) is 55.7 Å². The van der Waals surface area contributed by atoms with E-state index in [1.54, 1.807) is 35.0 Å². The number of halogens is 6. The summed E-state index contributed by atoms with van der Waals surface area (Å²) in [5, 5.41) is 3.95. The second-order valence-electron chi connectivity index (χ2n) is 9.20. The van der Waals surface area contributed by atoms with Gasteiger partial charge in [0.2, 0.25) is 0 Å². The minimum Gasteiger partial charge on any atom is -0.488 e. The highest BCUT2D eigenvalue weighted by Gasteiger charge is 2.40. The molecule has 0 aliphatic heterocycles. The molecule has 0 saturated heterocycles. The van der Waals surface area contributed by atoms with Gasteiger partial charge >= 0.3 is 18.3 Å². The van der Waals surface area contributed by atoms with E-state index in [1.165, 1.54) is 12.1 Å². The van der Waals surface area contributed by atoms with Crippen LogP contribution in [0.3, 0.4) is 0 Å². The zero-order valence-electron chi connectivity index (χ0n) is 22.0. The van der Waals surface area contributed by atoms with Crippen molar-refractivity contribution in [3.63, 3.8) is 0 Å². The van der Waals surface area contributed by atoms with Gasteiger partial charge in [0.05, 0.1) is 17.7 Å². The smallest absolute Gasteiger partial charge is 0.488 e. The number of aryl methyl sites for hydroxylation is 1. The van der Waals surface area contributed by atoms with Crippen molar-refractivity contribution in [2.45, 2.75) is 44.7 Å². The number of alkyl halides is 6. The number of carbonyl (C=O) groups is 2. The number of hydrogen-bond donors (Lipinski definition) is 2.